The smallest absolute Gasteiger partial charge is 0.262 e. The van der Waals surface area contributed by atoms with Crippen LogP contribution in [0.15, 0.2) is 243 Å². The summed E-state index contributed by atoms with van der Waals surface area (Å²) in [6.45, 7) is -0.316. The molecule has 0 amide bonds. The molecule has 10 aromatic rings. The Morgan fingerprint density at radius 2 is 0.712 bits per heavy atom. The first kappa shape index (κ1) is 38.7. The molecule has 0 bridgehead atoms. The second-order valence-electron chi connectivity index (χ2n) is 16.1. The van der Waals surface area contributed by atoms with Crippen LogP contribution in [0.25, 0.3) is 0 Å². The molecule has 0 saturated carbocycles. The van der Waals surface area contributed by atoms with Gasteiger partial charge < -0.3 is 4.74 Å². The number of benzene rings is 7. The summed E-state index contributed by atoms with van der Waals surface area (Å²) in [5.74, 6) is 4.87. The van der Waals surface area contributed by atoms with Gasteiger partial charge in [0.1, 0.15) is 34.8 Å². The fourth-order valence-electron chi connectivity index (χ4n) is 9.20. The van der Waals surface area contributed by atoms with E-state index in [-0.39, 0.29) is 6.71 Å². The molecule has 0 atom stereocenters. The molecule has 0 N–H and O–H groups in total. The Hall–Kier alpha value is -8.95. The summed E-state index contributed by atoms with van der Waals surface area (Å²) in [7, 11) is 0. The topological polar surface area (TPSA) is 60.9 Å². The maximum Gasteiger partial charge on any atom is 0.262 e. The van der Waals surface area contributed by atoms with Gasteiger partial charge in [0.25, 0.3) is 6.71 Å². The minimum atomic E-state index is -0.316. The predicted molar refractivity (Wildman–Crippen MR) is 270 cm³/mol. The van der Waals surface area contributed by atoms with E-state index in [1.165, 1.54) is 0 Å². The molecule has 0 spiro atoms. The lowest BCUT2D eigenvalue weighted by Crippen LogP contribution is -2.60. The van der Waals surface area contributed by atoms with Crippen molar-refractivity contribution in [3.8, 4) is 11.6 Å². The SMILES string of the molecule is c1ccc(N(c2ccccc2)c2ccc3c(n2)Oc2cc(N(c4ccccc4)c4ccccc4)nc4c2B3c2ccc(N(c3ccccc3)c3ccccc3)nc2N4c2ccccc2)cc1. The van der Waals surface area contributed by atoms with Gasteiger partial charge in [-0.2, -0.15) is 4.98 Å². The van der Waals surface area contributed by atoms with E-state index in [4.69, 9.17) is 19.7 Å². The number of rotatable bonds is 10. The van der Waals surface area contributed by atoms with Gasteiger partial charge in [-0.05, 0) is 108 Å². The summed E-state index contributed by atoms with van der Waals surface area (Å²) in [4.78, 5) is 25.5. The van der Waals surface area contributed by atoms with Crippen LogP contribution >= 0.6 is 0 Å². The van der Waals surface area contributed by atoms with Gasteiger partial charge in [-0.3, -0.25) is 19.6 Å². The van der Waals surface area contributed by atoms with Crippen LogP contribution in [-0.2, 0) is 0 Å². The van der Waals surface area contributed by atoms with E-state index in [2.05, 4.69) is 196 Å². The van der Waals surface area contributed by atoms with Crippen molar-refractivity contribution in [1.29, 1.82) is 0 Å². The molecule has 5 heterocycles. The molecule has 7 aromatic carbocycles. The zero-order chi connectivity index (χ0) is 43.8. The van der Waals surface area contributed by atoms with Crippen molar-refractivity contribution in [2.24, 2.45) is 0 Å². The monoisotopic (exact) mass is 849 g/mol. The number of nitrogens with zero attached hydrogens (tertiary/aromatic N) is 7. The average molecular weight is 850 g/mol. The molecule has 66 heavy (non-hydrogen) atoms. The molecular weight excluding hydrogens is 809 g/mol. The highest BCUT2D eigenvalue weighted by Crippen LogP contribution is 2.45. The lowest BCUT2D eigenvalue weighted by molar-refractivity contribution is 0.468. The number of ether oxygens (including phenoxy) is 1. The summed E-state index contributed by atoms with van der Waals surface area (Å²) in [6, 6.07) is 83.2. The van der Waals surface area contributed by atoms with Gasteiger partial charge in [0.15, 0.2) is 0 Å². The van der Waals surface area contributed by atoms with E-state index in [1.807, 2.05) is 66.7 Å². The van der Waals surface area contributed by atoms with Crippen LogP contribution in [-0.4, -0.2) is 21.7 Å². The highest BCUT2D eigenvalue weighted by Gasteiger charge is 2.45. The highest BCUT2D eigenvalue weighted by atomic mass is 16.5. The Morgan fingerprint density at radius 1 is 0.348 bits per heavy atom. The number of fused-ring (bicyclic) bond motifs is 4. The van der Waals surface area contributed by atoms with Gasteiger partial charge in [0.05, 0.1) is 0 Å². The standard InChI is InChI=1S/C57H40BN7O/c1-8-22-41(23-9-1)62(42-24-10-2-11-25-42)51-38-36-48-55(59-51)65(47-34-20-7-21-35-47)56-54-50(40-53(60-56)64(45-30-16-5-17-31-45)46-32-18-6-19-33-46)66-57-49(58(48)54)37-39-52(61-57)63(43-26-12-3-13-27-43)44-28-14-4-15-29-44/h1-40H. The second-order valence-corrected chi connectivity index (χ2v) is 16.1. The summed E-state index contributed by atoms with van der Waals surface area (Å²) < 4.78 is 7.17. The summed E-state index contributed by atoms with van der Waals surface area (Å²) in [5, 5.41) is 0. The summed E-state index contributed by atoms with van der Waals surface area (Å²) in [5.41, 5.74) is 9.70. The van der Waals surface area contributed by atoms with Gasteiger partial charge in [-0.15, -0.1) is 0 Å². The van der Waals surface area contributed by atoms with Crippen molar-refractivity contribution in [2.45, 2.75) is 0 Å². The lowest BCUT2D eigenvalue weighted by atomic mass is 9.35. The first-order chi connectivity index (χ1) is 32.8. The van der Waals surface area contributed by atoms with Crippen molar-refractivity contribution < 1.29 is 4.74 Å². The quantitative estimate of drug-likeness (QED) is 0.126. The van der Waals surface area contributed by atoms with Crippen LogP contribution in [0.4, 0.5) is 68.9 Å². The van der Waals surface area contributed by atoms with Crippen molar-refractivity contribution >= 4 is 92.0 Å². The molecule has 2 aliphatic heterocycles. The maximum absolute atomic E-state index is 7.17. The van der Waals surface area contributed by atoms with Gasteiger partial charge in [0, 0.05) is 51.3 Å². The molecule has 312 valence electrons. The van der Waals surface area contributed by atoms with E-state index >= 15 is 0 Å². The molecule has 0 radical (unpaired) electrons. The van der Waals surface area contributed by atoms with Gasteiger partial charge in [-0.1, -0.05) is 140 Å². The molecular formula is C57H40BN7O. The van der Waals surface area contributed by atoms with Crippen molar-refractivity contribution in [2.75, 3.05) is 19.6 Å². The van der Waals surface area contributed by atoms with Crippen LogP contribution in [0.1, 0.15) is 0 Å². The third-order valence-electron chi connectivity index (χ3n) is 12.1. The third kappa shape index (κ3) is 6.87. The Morgan fingerprint density at radius 3 is 1.15 bits per heavy atom. The number of anilines is 12. The molecule has 2 aliphatic rings. The number of para-hydroxylation sites is 7. The third-order valence-corrected chi connectivity index (χ3v) is 12.1. The Bertz CT molecular complexity index is 3180. The number of hydrogen-bond donors (Lipinski definition) is 0. The highest BCUT2D eigenvalue weighted by molar-refractivity contribution is 6.99. The first-order valence-electron chi connectivity index (χ1n) is 22.1. The molecule has 0 unspecified atom stereocenters. The molecule has 0 aliphatic carbocycles. The van der Waals surface area contributed by atoms with E-state index in [1.54, 1.807) is 0 Å². The first-order valence-corrected chi connectivity index (χ1v) is 22.1. The fraction of sp³-hybridized carbons (Fsp3) is 0. The molecule has 12 rings (SSSR count). The van der Waals surface area contributed by atoms with Crippen molar-refractivity contribution in [1.82, 2.24) is 15.0 Å². The van der Waals surface area contributed by atoms with Gasteiger partial charge in [0.2, 0.25) is 5.88 Å². The minimum absolute atomic E-state index is 0.316. The average Bonchev–Trinajstić information content (AvgIpc) is 3.38. The Kier molecular flexibility index (Phi) is 9.76. The minimum Gasteiger partial charge on any atom is -0.440 e. The van der Waals surface area contributed by atoms with E-state index in [9.17, 15) is 0 Å². The lowest BCUT2D eigenvalue weighted by Gasteiger charge is -2.39. The van der Waals surface area contributed by atoms with Crippen molar-refractivity contribution in [3.05, 3.63) is 243 Å². The van der Waals surface area contributed by atoms with Crippen LogP contribution in [0.3, 0.4) is 0 Å². The number of hydrogen-bond acceptors (Lipinski definition) is 8. The molecule has 8 nitrogen and oxygen atoms in total. The number of aromatic nitrogens is 3. The largest absolute Gasteiger partial charge is 0.440 e. The molecule has 9 heteroatoms. The van der Waals surface area contributed by atoms with Crippen molar-refractivity contribution in [3.63, 3.8) is 0 Å². The zero-order valence-electron chi connectivity index (χ0n) is 35.7. The van der Waals surface area contributed by atoms with Gasteiger partial charge >= 0.3 is 0 Å². The van der Waals surface area contributed by atoms with Crippen LogP contribution in [0, 0.1) is 0 Å². The van der Waals surface area contributed by atoms with Crippen LogP contribution in [0.2, 0.25) is 0 Å². The molecule has 0 fully saturated rings. The maximum atomic E-state index is 7.17. The predicted octanol–water partition coefficient (Wildman–Crippen LogP) is 12.7. The second kappa shape index (κ2) is 16.6. The summed E-state index contributed by atoms with van der Waals surface area (Å²) >= 11 is 0. The summed E-state index contributed by atoms with van der Waals surface area (Å²) in [6.07, 6.45) is 0. The van der Waals surface area contributed by atoms with E-state index in [0.717, 1.165) is 79.5 Å². The van der Waals surface area contributed by atoms with Crippen LogP contribution < -0.4 is 40.7 Å². The number of pyridine rings is 3. The zero-order valence-corrected chi connectivity index (χ0v) is 35.7. The Labute approximate surface area is 384 Å². The Balaban J connectivity index is 1.12. The van der Waals surface area contributed by atoms with E-state index in [0.29, 0.717) is 17.4 Å². The molecule has 3 aromatic heterocycles. The normalized spacial score (nSPS) is 12.0. The van der Waals surface area contributed by atoms with Crippen LogP contribution in [0.5, 0.6) is 11.6 Å². The molecule has 0 saturated heterocycles. The van der Waals surface area contributed by atoms with Gasteiger partial charge in [-0.25, -0.2) is 9.97 Å². The van der Waals surface area contributed by atoms with E-state index < -0.39 is 0 Å². The fourth-order valence-corrected chi connectivity index (χ4v) is 9.20.